The first-order chi connectivity index (χ1) is 14.7. The van der Waals surface area contributed by atoms with Gasteiger partial charge in [0.2, 0.25) is 0 Å². The molecule has 0 aromatic carbocycles. The molecule has 0 bridgehead atoms. The first kappa shape index (κ1) is 17.5. The second-order valence-electron chi connectivity index (χ2n) is 8.40. The van der Waals surface area contributed by atoms with E-state index < -0.39 is 0 Å². The molecule has 0 aliphatic heterocycles. The zero-order valence-corrected chi connectivity index (χ0v) is 21.3. The van der Waals surface area contributed by atoms with Crippen LogP contribution in [0.25, 0.3) is 47.7 Å². The molecule has 6 aromatic heterocycles. The summed E-state index contributed by atoms with van der Waals surface area (Å²) in [7, 11) is 0. The Hall–Kier alpha value is -1.02. The van der Waals surface area contributed by atoms with E-state index in [1.165, 1.54) is 44.8 Å². The van der Waals surface area contributed by atoms with Crippen molar-refractivity contribution < 1.29 is 0 Å². The molecule has 0 amide bonds. The highest BCUT2D eigenvalue weighted by atomic mass is 32.1. The lowest BCUT2D eigenvalue weighted by Gasteiger charge is -2.13. The standard InChI is InChI=1S/C24H16S6/c1-9-7-15-17(25-9)11-3-5-13-21(19(11)27-15)29-24-14-6-4-12-18-16(8-10(2)26-18)28-20(12)22(14)30-23(13)24/h7-8H,3-6H2,1-2H3. The Morgan fingerprint density at radius 2 is 0.833 bits per heavy atom. The second-order valence-corrected chi connectivity index (χ2v) is 15.1. The Morgan fingerprint density at radius 1 is 0.467 bits per heavy atom. The predicted molar refractivity (Wildman–Crippen MR) is 141 cm³/mol. The molecule has 8 rings (SSSR count). The van der Waals surface area contributed by atoms with Gasteiger partial charge in [0, 0.05) is 57.5 Å². The lowest BCUT2D eigenvalue weighted by Crippen LogP contribution is -1.98. The first-order valence-corrected chi connectivity index (χ1v) is 15.2. The van der Waals surface area contributed by atoms with Crippen molar-refractivity contribution in [1.82, 2.24) is 0 Å². The molecule has 0 radical (unpaired) electrons. The average Bonchev–Trinajstić information content (AvgIpc) is 3.49. The van der Waals surface area contributed by atoms with Crippen molar-refractivity contribution in [2.24, 2.45) is 0 Å². The molecule has 0 spiro atoms. The van der Waals surface area contributed by atoms with Crippen LogP contribution in [0.4, 0.5) is 0 Å². The lowest BCUT2D eigenvalue weighted by molar-refractivity contribution is 0.974. The van der Waals surface area contributed by atoms with Gasteiger partial charge < -0.3 is 0 Å². The van der Waals surface area contributed by atoms with E-state index in [4.69, 9.17) is 0 Å². The number of rotatable bonds is 0. The number of hydrogen-bond acceptors (Lipinski definition) is 6. The molecule has 6 heteroatoms. The smallest absolute Gasteiger partial charge is 0.0499 e. The van der Waals surface area contributed by atoms with Gasteiger partial charge >= 0.3 is 0 Å². The van der Waals surface area contributed by atoms with Crippen molar-refractivity contribution in [2.75, 3.05) is 0 Å². The van der Waals surface area contributed by atoms with Gasteiger partial charge in [-0.05, 0) is 73.9 Å². The monoisotopic (exact) mass is 496 g/mol. The van der Waals surface area contributed by atoms with Crippen LogP contribution in [-0.4, -0.2) is 0 Å². The van der Waals surface area contributed by atoms with Gasteiger partial charge in [0.1, 0.15) is 0 Å². The maximum absolute atomic E-state index is 2.40. The van der Waals surface area contributed by atoms with Gasteiger partial charge in [-0.3, -0.25) is 0 Å². The number of aryl methyl sites for hydroxylation is 6. The topological polar surface area (TPSA) is 0 Å². The van der Waals surface area contributed by atoms with Crippen LogP contribution in [0.5, 0.6) is 0 Å². The Morgan fingerprint density at radius 3 is 1.27 bits per heavy atom. The summed E-state index contributed by atoms with van der Waals surface area (Å²) in [6.07, 6.45) is 4.87. The summed E-state index contributed by atoms with van der Waals surface area (Å²) >= 11 is 12.3. The third kappa shape index (κ3) is 2.11. The van der Waals surface area contributed by atoms with Gasteiger partial charge in [-0.2, -0.15) is 0 Å². The Bertz CT molecular complexity index is 1540. The Balaban J connectivity index is 1.37. The Labute approximate surface area is 198 Å². The van der Waals surface area contributed by atoms with E-state index in [1.54, 1.807) is 60.6 Å². The molecule has 148 valence electrons. The quantitative estimate of drug-likeness (QED) is 0.196. The lowest BCUT2D eigenvalue weighted by atomic mass is 9.95. The van der Waals surface area contributed by atoms with Crippen molar-refractivity contribution in [3.63, 3.8) is 0 Å². The van der Waals surface area contributed by atoms with Crippen LogP contribution >= 0.6 is 68.0 Å². The van der Waals surface area contributed by atoms with Crippen molar-refractivity contribution in [1.29, 1.82) is 0 Å². The molecule has 6 aromatic rings. The van der Waals surface area contributed by atoms with E-state index in [0.717, 1.165) is 0 Å². The molecule has 0 saturated heterocycles. The third-order valence-corrected chi connectivity index (χ3v) is 14.4. The van der Waals surface area contributed by atoms with Crippen LogP contribution < -0.4 is 0 Å². The summed E-state index contributed by atoms with van der Waals surface area (Å²) in [4.78, 5) is 9.27. The Kier molecular flexibility index (Phi) is 3.42. The first-order valence-electron chi connectivity index (χ1n) is 10.3. The highest BCUT2D eigenvalue weighted by molar-refractivity contribution is 7.37. The van der Waals surface area contributed by atoms with Crippen molar-refractivity contribution in [2.45, 2.75) is 39.5 Å². The molecular formula is C24H16S6. The zero-order chi connectivity index (χ0) is 19.7. The molecule has 0 fully saturated rings. The number of fused-ring (bicyclic) bond motifs is 13. The van der Waals surface area contributed by atoms with Crippen molar-refractivity contribution in [3.05, 3.63) is 44.1 Å². The van der Waals surface area contributed by atoms with E-state index in [9.17, 15) is 0 Å². The van der Waals surface area contributed by atoms with Crippen molar-refractivity contribution in [3.8, 4) is 19.5 Å². The predicted octanol–water partition coefficient (Wildman–Crippen LogP) is 9.66. The molecular weight excluding hydrogens is 481 g/mol. The van der Waals surface area contributed by atoms with Gasteiger partial charge in [-0.25, -0.2) is 0 Å². The summed E-state index contributed by atoms with van der Waals surface area (Å²) in [6, 6.07) is 4.79. The minimum absolute atomic E-state index is 1.22. The van der Waals surface area contributed by atoms with E-state index >= 15 is 0 Å². The highest BCUT2D eigenvalue weighted by Crippen LogP contribution is 2.57. The van der Waals surface area contributed by atoms with Gasteiger partial charge in [-0.1, -0.05) is 0 Å². The molecule has 0 unspecified atom stereocenters. The van der Waals surface area contributed by atoms with Crippen LogP contribution in [0, 0.1) is 13.8 Å². The summed E-state index contributed by atoms with van der Waals surface area (Å²) in [6.45, 7) is 4.49. The molecule has 30 heavy (non-hydrogen) atoms. The van der Waals surface area contributed by atoms with Crippen LogP contribution in [0.3, 0.4) is 0 Å². The van der Waals surface area contributed by atoms with Crippen LogP contribution in [0.2, 0.25) is 0 Å². The molecule has 2 aliphatic carbocycles. The minimum atomic E-state index is 1.22. The van der Waals surface area contributed by atoms with Gasteiger partial charge in [0.25, 0.3) is 0 Å². The number of hydrogen-bond donors (Lipinski definition) is 0. The molecule has 2 aliphatic rings. The molecule has 0 N–H and O–H groups in total. The summed E-state index contributed by atoms with van der Waals surface area (Å²) in [5.74, 6) is 0. The average molecular weight is 497 g/mol. The zero-order valence-electron chi connectivity index (χ0n) is 16.4. The van der Waals surface area contributed by atoms with Gasteiger partial charge in [-0.15, -0.1) is 68.0 Å². The molecule has 0 atom stereocenters. The third-order valence-electron chi connectivity index (χ3n) is 6.54. The fourth-order valence-electron chi connectivity index (χ4n) is 5.27. The van der Waals surface area contributed by atoms with Crippen LogP contribution in [0.1, 0.15) is 32.0 Å². The van der Waals surface area contributed by atoms with Crippen LogP contribution in [-0.2, 0) is 25.7 Å². The summed E-state index contributed by atoms with van der Waals surface area (Å²) < 4.78 is 9.37. The number of thiophene rings is 6. The SMILES string of the molecule is Cc1cc2sc3c(c2s1)CCc1c-3sc2c3c(sc12)-c1sc2cc(C)sc2c1CC3. The van der Waals surface area contributed by atoms with Gasteiger partial charge in [0.15, 0.2) is 0 Å². The van der Waals surface area contributed by atoms with Crippen molar-refractivity contribution >= 4 is 96.2 Å². The van der Waals surface area contributed by atoms with Gasteiger partial charge in [0.05, 0.1) is 0 Å². The summed E-state index contributed by atoms with van der Waals surface area (Å²) in [5, 5.41) is 0. The minimum Gasteiger partial charge on any atom is -0.139 e. The molecule has 0 nitrogen and oxygen atoms in total. The highest BCUT2D eigenvalue weighted by Gasteiger charge is 2.32. The van der Waals surface area contributed by atoms with E-state index in [1.807, 2.05) is 45.3 Å². The van der Waals surface area contributed by atoms with E-state index in [2.05, 4.69) is 48.7 Å². The fraction of sp³-hybridized carbons (Fsp3) is 0.250. The molecule has 6 heterocycles. The second kappa shape index (κ2) is 5.85. The maximum atomic E-state index is 2.40. The normalized spacial score (nSPS) is 15.1. The van der Waals surface area contributed by atoms with Crippen LogP contribution in [0.15, 0.2) is 12.1 Å². The van der Waals surface area contributed by atoms with E-state index in [-0.39, 0.29) is 0 Å². The largest absolute Gasteiger partial charge is 0.139 e. The molecule has 0 saturated carbocycles. The summed E-state index contributed by atoms with van der Waals surface area (Å²) in [5.41, 5.74) is 6.59. The fourth-order valence-corrected chi connectivity index (χ4v) is 13.9. The maximum Gasteiger partial charge on any atom is 0.0499 e. The van der Waals surface area contributed by atoms with E-state index in [0.29, 0.717) is 0 Å².